The zero-order valence-corrected chi connectivity index (χ0v) is 12.2. The molecular weight excluding hydrogens is 254 g/mol. The van der Waals surface area contributed by atoms with Crippen LogP contribution in [0.25, 0.3) is 0 Å². The lowest BCUT2D eigenvalue weighted by molar-refractivity contribution is -0.128. The lowest BCUT2D eigenvalue weighted by atomic mass is 9.81. The Morgan fingerprint density at radius 3 is 2.65 bits per heavy atom. The first kappa shape index (κ1) is 14.8. The number of ether oxygens (including phenoxy) is 1. The van der Waals surface area contributed by atoms with Crippen molar-refractivity contribution in [1.29, 1.82) is 0 Å². The van der Waals surface area contributed by atoms with Gasteiger partial charge in [-0.2, -0.15) is 0 Å². The monoisotopic (exact) mass is 277 g/mol. The molecule has 0 aliphatic carbocycles. The van der Waals surface area contributed by atoms with E-state index in [0.717, 1.165) is 31.7 Å². The summed E-state index contributed by atoms with van der Waals surface area (Å²) in [6.07, 6.45) is 3.56. The van der Waals surface area contributed by atoms with Gasteiger partial charge in [-0.3, -0.25) is 4.79 Å². The highest BCUT2D eigenvalue weighted by atomic mass is 16.5. The number of primary amides is 1. The molecular formula is C15H23N3O2. The number of nitrogens with two attached hydrogens (primary N) is 1. The minimum absolute atomic E-state index is 0.126. The Labute approximate surface area is 120 Å². The number of anilines is 1. The highest BCUT2D eigenvalue weighted by Crippen LogP contribution is 2.29. The number of piperidine rings is 1. The van der Waals surface area contributed by atoms with Crippen LogP contribution in [0.15, 0.2) is 24.4 Å². The van der Waals surface area contributed by atoms with Crippen LogP contribution in [-0.2, 0) is 9.53 Å². The third-order valence-corrected chi connectivity index (χ3v) is 4.23. The zero-order chi connectivity index (χ0) is 14.5. The molecule has 1 aromatic heterocycles. The number of pyridine rings is 1. The van der Waals surface area contributed by atoms with Gasteiger partial charge in [-0.15, -0.1) is 0 Å². The zero-order valence-electron chi connectivity index (χ0n) is 12.2. The normalized spacial score (nSPS) is 19.6. The number of amides is 1. The predicted molar refractivity (Wildman–Crippen MR) is 78.3 cm³/mol. The number of hydrogen-bond acceptors (Lipinski definition) is 4. The minimum Gasteiger partial charge on any atom is -0.381 e. The Balaban J connectivity index is 1.98. The van der Waals surface area contributed by atoms with Crippen LogP contribution in [-0.4, -0.2) is 37.2 Å². The van der Waals surface area contributed by atoms with E-state index in [1.165, 1.54) is 0 Å². The second kappa shape index (κ2) is 6.70. The van der Waals surface area contributed by atoms with Crippen LogP contribution < -0.4 is 10.6 Å². The van der Waals surface area contributed by atoms with Crippen molar-refractivity contribution in [3.05, 3.63) is 24.4 Å². The van der Waals surface area contributed by atoms with Crippen molar-refractivity contribution in [2.45, 2.75) is 25.9 Å². The summed E-state index contributed by atoms with van der Waals surface area (Å²) in [7, 11) is 1.63. The molecule has 1 amide bonds. The van der Waals surface area contributed by atoms with Gasteiger partial charge in [0.2, 0.25) is 5.91 Å². The fraction of sp³-hybridized carbons (Fsp3) is 0.600. The number of carbonyl (C=O) groups excluding carboxylic acids is 1. The van der Waals surface area contributed by atoms with Gasteiger partial charge < -0.3 is 15.4 Å². The van der Waals surface area contributed by atoms with Gasteiger partial charge in [0.1, 0.15) is 5.82 Å². The molecule has 5 nitrogen and oxygen atoms in total. The number of carbonyl (C=O) groups is 1. The summed E-state index contributed by atoms with van der Waals surface area (Å²) in [5.74, 6) is 0.838. The van der Waals surface area contributed by atoms with E-state index in [4.69, 9.17) is 10.5 Å². The van der Waals surface area contributed by atoms with Crippen LogP contribution in [0.1, 0.15) is 19.8 Å². The Morgan fingerprint density at radius 2 is 2.15 bits per heavy atom. The molecule has 0 spiro atoms. The molecule has 1 aromatic rings. The van der Waals surface area contributed by atoms with Crippen molar-refractivity contribution in [3.63, 3.8) is 0 Å². The van der Waals surface area contributed by atoms with Gasteiger partial charge in [0.05, 0.1) is 12.0 Å². The molecule has 20 heavy (non-hydrogen) atoms. The molecule has 2 heterocycles. The van der Waals surface area contributed by atoms with Crippen molar-refractivity contribution in [2.24, 2.45) is 17.6 Å². The molecule has 1 saturated heterocycles. The standard InChI is InChI=1S/C15H23N3O2/c1-11(20-2)14(15(16)19)12-6-9-18(10-7-12)13-5-3-4-8-17-13/h3-5,8,11-12,14H,6-7,9-10H2,1-2H3,(H2,16,19). The summed E-state index contributed by atoms with van der Waals surface area (Å²) in [4.78, 5) is 18.3. The summed E-state index contributed by atoms with van der Waals surface area (Å²) in [6, 6.07) is 5.93. The van der Waals surface area contributed by atoms with Crippen LogP contribution in [0, 0.1) is 11.8 Å². The first-order valence-electron chi connectivity index (χ1n) is 7.11. The molecule has 0 saturated carbocycles. The maximum Gasteiger partial charge on any atom is 0.223 e. The van der Waals surface area contributed by atoms with Gasteiger partial charge in [-0.1, -0.05) is 6.07 Å². The molecule has 110 valence electrons. The fourth-order valence-corrected chi connectivity index (χ4v) is 3.02. The maximum atomic E-state index is 11.7. The van der Waals surface area contributed by atoms with Gasteiger partial charge in [0, 0.05) is 26.4 Å². The van der Waals surface area contributed by atoms with Crippen LogP contribution in [0.4, 0.5) is 5.82 Å². The quantitative estimate of drug-likeness (QED) is 0.884. The van der Waals surface area contributed by atoms with Crippen molar-refractivity contribution >= 4 is 11.7 Å². The van der Waals surface area contributed by atoms with Gasteiger partial charge in [-0.25, -0.2) is 4.98 Å². The Kier molecular flexibility index (Phi) is 4.95. The number of hydrogen-bond donors (Lipinski definition) is 1. The second-order valence-electron chi connectivity index (χ2n) is 5.38. The summed E-state index contributed by atoms with van der Waals surface area (Å²) in [5, 5.41) is 0. The van der Waals surface area contributed by atoms with E-state index >= 15 is 0 Å². The molecule has 0 aromatic carbocycles. The molecule has 5 heteroatoms. The van der Waals surface area contributed by atoms with Gasteiger partial charge in [0.15, 0.2) is 0 Å². The lowest BCUT2D eigenvalue weighted by Crippen LogP contribution is -2.44. The average molecular weight is 277 g/mol. The molecule has 2 atom stereocenters. The summed E-state index contributed by atoms with van der Waals surface area (Å²) in [5.41, 5.74) is 5.54. The summed E-state index contributed by atoms with van der Waals surface area (Å²) >= 11 is 0. The Bertz CT molecular complexity index is 430. The van der Waals surface area contributed by atoms with Gasteiger partial charge in [0.25, 0.3) is 0 Å². The average Bonchev–Trinajstić information content (AvgIpc) is 2.48. The predicted octanol–water partition coefficient (Wildman–Crippen LogP) is 1.43. The van der Waals surface area contributed by atoms with E-state index in [1.54, 1.807) is 13.3 Å². The maximum absolute atomic E-state index is 11.7. The third-order valence-electron chi connectivity index (χ3n) is 4.23. The van der Waals surface area contributed by atoms with Crippen molar-refractivity contribution < 1.29 is 9.53 Å². The number of rotatable bonds is 5. The van der Waals surface area contributed by atoms with E-state index in [1.807, 2.05) is 25.1 Å². The molecule has 1 fully saturated rings. The third kappa shape index (κ3) is 3.28. The van der Waals surface area contributed by atoms with Crippen LogP contribution in [0.3, 0.4) is 0 Å². The van der Waals surface area contributed by atoms with Crippen molar-refractivity contribution in [3.8, 4) is 0 Å². The summed E-state index contributed by atoms with van der Waals surface area (Å²) < 4.78 is 5.31. The van der Waals surface area contributed by atoms with E-state index in [0.29, 0.717) is 5.92 Å². The Morgan fingerprint density at radius 1 is 1.45 bits per heavy atom. The number of nitrogens with zero attached hydrogens (tertiary/aromatic N) is 2. The minimum atomic E-state index is -0.254. The van der Waals surface area contributed by atoms with Crippen LogP contribution in [0.2, 0.25) is 0 Å². The van der Waals surface area contributed by atoms with E-state index < -0.39 is 0 Å². The Hall–Kier alpha value is -1.62. The summed E-state index contributed by atoms with van der Waals surface area (Å²) in [6.45, 7) is 3.73. The smallest absolute Gasteiger partial charge is 0.223 e. The second-order valence-corrected chi connectivity index (χ2v) is 5.38. The molecule has 0 radical (unpaired) electrons. The number of aromatic nitrogens is 1. The van der Waals surface area contributed by atoms with E-state index in [9.17, 15) is 4.79 Å². The van der Waals surface area contributed by atoms with E-state index in [2.05, 4.69) is 9.88 Å². The van der Waals surface area contributed by atoms with Crippen molar-refractivity contribution in [1.82, 2.24) is 4.98 Å². The first-order valence-corrected chi connectivity index (χ1v) is 7.11. The number of methoxy groups -OCH3 is 1. The highest BCUT2D eigenvalue weighted by molar-refractivity contribution is 5.77. The molecule has 1 aliphatic rings. The molecule has 0 bridgehead atoms. The first-order chi connectivity index (χ1) is 9.63. The molecule has 2 rings (SSSR count). The van der Waals surface area contributed by atoms with Crippen molar-refractivity contribution in [2.75, 3.05) is 25.1 Å². The molecule has 2 unspecified atom stereocenters. The van der Waals surface area contributed by atoms with Crippen LogP contribution in [0.5, 0.6) is 0 Å². The molecule has 2 N–H and O–H groups in total. The largest absolute Gasteiger partial charge is 0.381 e. The topological polar surface area (TPSA) is 68.5 Å². The lowest BCUT2D eigenvalue weighted by Gasteiger charge is -2.37. The van der Waals surface area contributed by atoms with Gasteiger partial charge in [-0.05, 0) is 37.8 Å². The highest BCUT2D eigenvalue weighted by Gasteiger charge is 2.34. The van der Waals surface area contributed by atoms with Crippen LogP contribution >= 0.6 is 0 Å². The van der Waals surface area contributed by atoms with Gasteiger partial charge >= 0.3 is 0 Å². The SMILES string of the molecule is COC(C)C(C(N)=O)C1CCN(c2ccccn2)CC1. The fourth-order valence-electron chi connectivity index (χ4n) is 3.02. The van der Waals surface area contributed by atoms with E-state index in [-0.39, 0.29) is 17.9 Å². The molecule has 1 aliphatic heterocycles.